The number of fused-ring (bicyclic) bond motifs is 1. The highest BCUT2D eigenvalue weighted by atomic mass is 79.9. The third kappa shape index (κ3) is 3.93. The normalized spacial score (nSPS) is 12.1. The highest BCUT2D eigenvalue weighted by Crippen LogP contribution is 2.24. The van der Waals surface area contributed by atoms with Gasteiger partial charge in [0.05, 0.1) is 17.1 Å². The first-order valence-electron chi connectivity index (χ1n) is 9.25. The van der Waals surface area contributed by atoms with Crippen LogP contribution in [0.4, 0.5) is 0 Å². The summed E-state index contributed by atoms with van der Waals surface area (Å²) in [6.45, 7) is 6.02. The fourth-order valence-corrected chi connectivity index (χ4v) is 3.40. The van der Waals surface area contributed by atoms with Crippen molar-refractivity contribution in [1.29, 1.82) is 0 Å². The van der Waals surface area contributed by atoms with Crippen molar-refractivity contribution >= 4 is 33.0 Å². The number of hydrogen-bond donors (Lipinski definition) is 0. The SMILES string of the molecule is CC(C)(C)c1nc2ccc(Br)cc2c(=O)n1N=Cc1ccc(-c2ccccc2)o1. The van der Waals surface area contributed by atoms with E-state index in [0.29, 0.717) is 22.5 Å². The fraction of sp³-hybridized carbons (Fsp3) is 0.174. The lowest BCUT2D eigenvalue weighted by Gasteiger charge is -2.20. The third-order valence-electron chi connectivity index (χ3n) is 4.46. The minimum absolute atomic E-state index is 0.215. The molecule has 0 spiro atoms. The van der Waals surface area contributed by atoms with Gasteiger partial charge in [-0.3, -0.25) is 4.79 Å². The molecule has 2 aromatic carbocycles. The number of nitrogens with zero attached hydrogens (tertiary/aromatic N) is 3. The van der Waals surface area contributed by atoms with E-state index in [2.05, 4.69) is 21.0 Å². The quantitative estimate of drug-likeness (QED) is 0.382. The second-order valence-electron chi connectivity index (χ2n) is 7.78. The van der Waals surface area contributed by atoms with Crippen LogP contribution in [0.15, 0.2) is 79.4 Å². The van der Waals surface area contributed by atoms with E-state index >= 15 is 0 Å². The average molecular weight is 450 g/mol. The van der Waals surface area contributed by atoms with E-state index in [1.165, 1.54) is 4.68 Å². The van der Waals surface area contributed by atoms with Crippen LogP contribution in [0.5, 0.6) is 0 Å². The van der Waals surface area contributed by atoms with Gasteiger partial charge in [-0.05, 0) is 30.3 Å². The topological polar surface area (TPSA) is 60.4 Å². The van der Waals surface area contributed by atoms with Gasteiger partial charge in [0.2, 0.25) is 0 Å². The first-order valence-corrected chi connectivity index (χ1v) is 10.0. The van der Waals surface area contributed by atoms with Crippen molar-refractivity contribution < 1.29 is 4.42 Å². The second-order valence-corrected chi connectivity index (χ2v) is 8.69. The Morgan fingerprint density at radius 1 is 1.07 bits per heavy atom. The van der Waals surface area contributed by atoms with Crippen molar-refractivity contribution in [2.45, 2.75) is 26.2 Å². The van der Waals surface area contributed by atoms with Crippen molar-refractivity contribution in [2.24, 2.45) is 5.10 Å². The number of furan rings is 1. The van der Waals surface area contributed by atoms with E-state index in [1.54, 1.807) is 12.3 Å². The van der Waals surface area contributed by atoms with Gasteiger partial charge >= 0.3 is 0 Å². The van der Waals surface area contributed by atoms with Gasteiger partial charge in [-0.2, -0.15) is 9.78 Å². The average Bonchev–Trinajstić information content (AvgIpc) is 3.16. The molecular formula is C23H20BrN3O2. The van der Waals surface area contributed by atoms with Crippen molar-refractivity contribution in [1.82, 2.24) is 9.66 Å². The highest BCUT2D eigenvalue weighted by molar-refractivity contribution is 9.10. The smallest absolute Gasteiger partial charge is 0.282 e. The number of hydrogen-bond acceptors (Lipinski definition) is 4. The summed E-state index contributed by atoms with van der Waals surface area (Å²) in [6, 6.07) is 19.0. The lowest BCUT2D eigenvalue weighted by Crippen LogP contribution is -2.29. The number of rotatable bonds is 3. The molecule has 0 aliphatic rings. The maximum atomic E-state index is 13.2. The van der Waals surface area contributed by atoms with Crippen LogP contribution in [0, 0.1) is 0 Å². The van der Waals surface area contributed by atoms with Gasteiger partial charge in [0.25, 0.3) is 5.56 Å². The molecule has 5 nitrogen and oxygen atoms in total. The van der Waals surface area contributed by atoms with Crippen LogP contribution >= 0.6 is 15.9 Å². The first kappa shape index (κ1) is 19.3. The van der Waals surface area contributed by atoms with Crippen LogP contribution in [-0.2, 0) is 5.41 Å². The molecule has 4 rings (SSSR count). The molecule has 0 N–H and O–H groups in total. The van der Waals surface area contributed by atoms with Gasteiger partial charge in [-0.15, -0.1) is 0 Å². The van der Waals surface area contributed by atoms with Crippen LogP contribution in [0.2, 0.25) is 0 Å². The van der Waals surface area contributed by atoms with Crippen LogP contribution < -0.4 is 5.56 Å². The first-order chi connectivity index (χ1) is 13.8. The standard InChI is InChI=1S/C23H20BrN3O2/c1-23(2,3)22-26-19-11-9-16(24)13-18(19)21(28)27(22)25-14-17-10-12-20(29-17)15-7-5-4-6-8-15/h4-14H,1-3H3. The van der Waals surface area contributed by atoms with Crippen molar-refractivity contribution in [3.8, 4) is 11.3 Å². The summed E-state index contributed by atoms with van der Waals surface area (Å²) in [5.41, 5.74) is 1.05. The van der Waals surface area contributed by atoms with Gasteiger partial charge in [0.15, 0.2) is 0 Å². The molecule has 0 aliphatic carbocycles. The lowest BCUT2D eigenvalue weighted by atomic mass is 9.95. The summed E-state index contributed by atoms with van der Waals surface area (Å²) >= 11 is 3.42. The molecule has 29 heavy (non-hydrogen) atoms. The zero-order valence-corrected chi connectivity index (χ0v) is 18.0. The molecule has 0 radical (unpaired) electrons. The minimum Gasteiger partial charge on any atom is -0.455 e. The molecule has 6 heteroatoms. The zero-order valence-electron chi connectivity index (χ0n) is 16.4. The van der Waals surface area contributed by atoms with Gasteiger partial charge in [-0.1, -0.05) is 67.0 Å². The summed E-state index contributed by atoms with van der Waals surface area (Å²) < 4.78 is 8.05. The van der Waals surface area contributed by atoms with Crippen molar-refractivity contribution in [2.75, 3.05) is 0 Å². The predicted molar refractivity (Wildman–Crippen MR) is 120 cm³/mol. The van der Waals surface area contributed by atoms with Crippen LogP contribution in [0.1, 0.15) is 32.4 Å². The number of aromatic nitrogens is 2. The van der Waals surface area contributed by atoms with Crippen LogP contribution in [0.25, 0.3) is 22.2 Å². The van der Waals surface area contributed by atoms with Crippen LogP contribution in [-0.4, -0.2) is 15.9 Å². The molecule has 0 atom stereocenters. The number of halogens is 1. The Balaban J connectivity index is 1.80. The summed E-state index contributed by atoms with van der Waals surface area (Å²) in [5, 5.41) is 4.95. The van der Waals surface area contributed by atoms with Gasteiger partial charge in [-0.25, -0.2) is 4.98 Å². The summed E-state index contributed by atoms with van der Waals surface area (Å²) in [7, 11) is 0. The van der Waals surface area contributed by atoms with Gasteiger partial charge in [0.1, 0.15) is 17.3 Å². The van der Waals surface area contributed by atoms with E-state index in [9.17, 15) is 4.79 Å². The molecular weight excluding hydrogens is 430 g/mol. The molecule has 146 valence electrons. The Kier molecular flexibility index (Phi) is 4.96. The second kappa shape index (κ2) is 7.44. The lowest BCUT2D eigenvalue weighted by molar-refractivity contribution is 0.505. The molecule has 2 heterocycles. The Morgan fingerprint density at radius 3 is 2.55 bits per heavy atom. The summed E-state index contributed by atoms with van der Waals surface area (Å²) in [6.07, 6.45) is 1.55. The maximum Gasteiger partial charge on any atom is 0.282 e. The molecule has 0 amide bonds. The number of benzene rings is 2. The molecule has 0 saturated heterocycles. The largest absolute Gasteiger partial charge is 0.455 e. The maximum absolute atomic E-state index is 13.2. The molecule has 4 aromatic rings. The Morgan fingerprint density at radius 2 is 1.83 bits per heavy atom. The summed E-state index contributed by atoms with van der Waals surface area (Å²) in [4.78, 5) is 17.9. The monoisotopic (exact) mass is 449 g/mol. The highest BCUT2D eigenvalue weighted by Gasteiger charge is 2.23. The Bertz CT molecular complexity index is 1270. The predicted octanol–water partition coefficient (Wildman–Crippen LogP) is 5.60. The third-order valence-corrected chi connectivity index (χ3v) is 4.96. The zero-order chi connectivity index (χ0) is 20.6. The minimum atomic E-state index is -0.365. The van der Waals surface area contributed by atoms with Gasteiger partial charge < -0.3 is 4.42 Å². The molecule has 0 unspecified atom stereocenters. The van der Waals surface area contributed by atoms with E-state index in [-0.39, 0.29) is 11.0 Å². The van der Waals surface area contributed by atoms with Gasteiger partial charge in [0, 0.05) is 15.5 Å². The fourth-order valence-electron chi connectivity index (χ4n) is 3.04. The molecule has 0 aliphatic heterocycles. The van der Waals surface area contributed by atoms with Crippen molar-refractivity contribution in [3.05, 3.63) is 87.1 Å². The van der Waals surface area contributed by atoms with E-state index in [1.807, 2.05) is 75.4 Å². The summed E-state index contributed by atoms with van der Waals surface area (Å²) in [5.74, 6) is 1.89. The molecule has 0 fully saturated rings. The Labute approximate surface area is 176 Å². The van der Waals surface area contributed by atoms with Crippen molar-refractivity contribution in [3.63, 3.8) is 0 Å². The van der Waals surface area contributed by atoms with E-state index < -0.39 is 0 Å². The van der Waals surface area contributed by atoms with E-state index in [0.717, 1.165) is 15.8 Å². The van der Waals surface area contributed by atoms with E-state index in [4.69, 9.17) is 9.40 Å². The molecule has 2 aromatic heterocycles. The molecule has 0 saturated carbocycles. The Hall–Kier alpha value is -2.99. The molecule has 0 bridgehead atoms. The van der Waals surface area contributed by atoms with Crippen LogP contribution in [0.3, 0.4) is 0 Å².